The van der Waals surface area contributed by atoms with Crippen LogP contribution >= 0.6 is 0 Å². The average Bonchev–Trinajstić information content (AvgIpc) is 2.36. The van der Waals surface area contributed by atoms with E-state index in [-0.39, 0.29) is 11.5 Å². The van der Waals surface area contributed by atoms with E-state index in [4.69, 9.17) is 5.73 Å². The van der Waals surface area contributed by atoms with Crippen molar-refractivity contribution in [3.63, 3.8) is 0 Å². The second-order valence-corrected chi connectivity index (χ2v) is 4.77. The molecule has 0 aliphatic rings. The molecule has 100 valence electrons. The number of nitrogen functional groups attached to an aromatic ring is 1. The summed E-state index contributed by atoms with van der Waals surface area (Å²) in [5.41, 5.74) is 7.34. The second-order valence-electron chi connectivity index (χ2n) is 4.77. The monoisotopic (exact) mass is 258 g/mol. The lowest BCUT2D eigenvalue weighted by Crippen LogP contribution is -2.14. The van der Waals surface area contributed by atoms with Crippen molar-refractivity contribution in [3.8, 4) is 0 Å². The Kier molecular flexibility index (Phi) is 3.85. The van der Waals surface area contributed by atoms with Gasteiger partial charge in [0, 0.05) is 24.2 Å². The fourth-order valence-electron chi connectivity index (χ4n) is 1.74. The number of nitrogens with zero attached hydrogens (tertiary/aromatic N) is 1. The lowest BCUT2D eigenvalue weighted by Gasteiger charge is -2.09. The third-order valence-electron chi connectivity index (χ3n) is 2.73. The van der Waals surface area contributed by atoms with Gasteiger partial charge in [-0.05, 0) is 17.7 Å². The van der Waals surface area contributed by atoms with E-state index in [2.05, 4.69) is 15.3 Å². The van der Waals surface area contributed by atoms with Crippen molar-refractivity contribution in [1.29, 1.82) is 0 Å². The van der Waals surface area contributed by atoms with Crippen molar-refractivity contribution in [2.75, 3.05) is 11.1 Å². The highest BCUT2D eigenvalue weighted by atomic mass is 16.1. The van der Waals surface area contributed by atoms with Crippen LogP contribution in [0.2, 0.25) is 0 Å². The Hall–Kier alpha value is -2.30. The first-order valence-corrected chi connectivity index (χ1v) is 6.24. The molecule has 2 aromatic rings. The van der Waals surface area contributed by atoms with Gasteiger partial charge >= 0.3 is 0 Å². The summed E-state index contributed by atoms with van der Waals surface area (Å²) in [6.45, 7) is 4.55. The summed E-state index contributed by atoms with van der Waals surface area (Å²) < 4.78 is 0. The lowest BCUT2D eigenvalue weighted by molar-refractivity contribution is 0.766. The van der Waals surface area contributed by atoms with E-state index in [1.165, 1.54) is 6.07 Å². The molecule has 2 rings (SSSR count). The van der Waals surface area contributed by atoms with Crippen LogP contribution in [0, 0.1) is 0 Å². The van der Waals surface area contributed by atoms with E-state index in [0.717, 1.165) is 11.3 Å². The first-order valence-electron chi connectivity index (χ1n) is 6.24. The third kappa shape index (κ3) is 3.58. The number of hydrogen-bond acceptors (Lipinski definition) is 4. The van der Waals surface area contributed by atoms with Crippen LogP contribution in [0.25, 0.3) is 0 Å². The highest BCUT2D eigenvalue weighted by Gasteiger charge is 2.05. The molecule has 0 radical (unpaired) electrons. The molecule has 0 unspecified atom stereocenters. The van der Waals surface area contributed by atoms with Crippen LogP contribution in [0.3, 0.4) is 0 Å². The molecular weight excluding hydrogens is 240 g/mol. The van der Waals surface area contributed by atoms with Gasteiger partial charge in [0.05, 0.1) is 0 Å². The Bertz CT molecular complexity index is 619. The molecular formula is C14H18N4O. The standard InChI is InChI=1S/C14H18N4O/c1-9(2)14-17-12(7-13(19)18-14)16-8-10-4-3-5-11(15)6-10/h3-7,9H,8,15H2,1-2H3,(H2,16,17,18,19). The maximum atomic E-state index is 11.5. The molecule has 1 aromatic heterocycles. The number of benzene rings is 1. The predicted molar refractivity (Wildman–Crippen MR) is 77.1 cm³/mol. The molecule has 5 nitrogen and oxygen atoms in total. The number of aromatic nitrogens is 2. The van der Waals surface area contributed by atoms with E-state index in [0.29, 0.717) is 18.2 Å². The molecule has 0 saturated carbocycles. The Morgan fingerprint density at radius 1 is 1.37 bits per heavy atom. The fourth-order valence-corrected chi connectivity index (χ4v) is 1.74. The lowest BCUT2D eigenvalue weighted by atomic mass is 10.2. The van der Waals surface area contributed by atoms with Gasteiger partial charge in [-0.15, -0.1) is 0 Å². The molecule has 0 aliphatic carbocycles. The first-order chi connectivity index (χ1) is 9.04. The zero-order valence-electron chi connectivity index (χ0n) is 11.1. The molecule has 0 atom stereocenters. The molecule has 1 aromatic carbocycles. The molecule has 0 fully saturated rings. The summed E-state index contributed by atoms with van der Waals surface area (Å²) in [5, 5.41) is 3.14. The summed E-state index contributed by atoms with van der Waals surface area (Å²) in [5.74, 6) is 1.44. The molecule has 4 N–H and O–H groups in total. The van der Waals surface area contributed by atoms with E-state index in [1.54, 1.807) is 0 Å². The van der Waals surface area contributed by atoms with Gasteiger partial charge in [-0.2, -0.15) is 0 Å². The maximum absolute atomic E-state index is 11.5. The summed E-state index contributed by atoms with van der Waals surface area (Å²) in [6, 6.07) is 9.06. The van der Waals surface area contributed by atoms with Crippen LogP contribution in [0.1, 0.15) is 31.2 Å². The van der Waals surface area contributed by atoms with Crippen molar-refractivity contribution < 1.29 is 0 Å². The number of nitrogens with one attached hydrogen (secondary N) is 2. The summed E-state index contributed by atoms with van der Waals surface area (Å²) >= 11 is 0. The van der Waals surface area contributed by atoms with Crippen molar-refractivity contribution in [2.45, 2.75) is 26.3 Å². The number of nitrogens with two attached hydrogens (primary N) is 1. The van der Waals surface area contributed by atoms with Crippen LogP contribution in [0.4, 0.5) is 11.5 Å². The minimum absolute atomic E-state index is 0.145. The molecule has 1 heterocycles. The SMILES string of the molecule is CC(C)c1nc(NCc2cccc(N)c2)cc(=O)[nH]1. The van der Waals surface area contributed by atoms with E-state index in [9.17, 15) is 4.79 Å². The quantitative estimate of drug-likeness (QED) is 0.733. The zero-order valence-corrected chi connectivity index (χ0v) is 11.1. The number of H-pyrrole nitrogens is 1. The van der Waals surface area contributed by atoms with Crippen molar-refractivity contribution in [3.05, 3.63) is 52.1 Å². The number of anilines is 2. The minimum atomic E-state index is -0.145. The van der Waals surface area contributed by atoms with Gasteiger partial charge < -0.3 is 16.0 Å². The molecule has 0 bridgehead atoms. The Labute approximate surface area is 111 Å². The largest absolute Gasteiger partial charge is 0.399 e. The first kappa shape index (κ1) is 13.1. The Balaban J connectivity index is 2.13. The fraction of sp³-hybridized carbons (Fsp3) is 0.286. The molecule has 0 amide bonds. The van der Waals surface area contributed by atoms with Crippen LogP contribution in [-0.2, 0) is 6.54 Å². The highest BCUT2D eigenvalue weighted by molar-refractivity contribution is 5.42. The summed E-state index contributed by atoms with van der Waals surface area (Å²) in [4.78, 5) is 18.6. The number of rotatable bonds is 4. The van der Waals surface area contributed by atoms with Crippen LogP contribution in [0.15, 0.2) is 35.1 Å². The van der Waals surface area contributed by atoms with Crippen LogP contribution < -0.4 is 16.6 Å². The molecule has 0 spiro atoms. The van der Waals surface area contributed by atoms with Crippen molar-refractivity contribution in [2.24, 2.45) is 0 Å². The van der Waals surface area contributed by atoms with Crippen molar-refractivity contribution in [1.82, 2.24) is 9.97 Å². The number of aromatic amines is 1. The average molecular weight is 258 g/mol. The molecule has 0 saturated heterocycles. The minimum Gasteiger partial charge on any atom is -0.399 e. The Morgan fingerprint density at radius 2 is 2.16 bits per heavy atom. The molecule has 5 heteroatoms. The second kappa shape index (κ2) is 5.56. The smallest absolute Gasteiger partial charge is 0.252 e. The van der Waals surface area contributed by atoms with Crippen LogP contribution in [0.5, 0.6) is 0 Å². The maximum Gasteiger partial charge on any atom is 0.252 e. The molecule has 0 aliphatic heterocycles. The molecule has 19 heavy (non-hydrogen) atoms. The Morgan fingerprint density at radius 3 is 2.84 bits per heavy atom. The zero-order chi connectivity index (χ0) is 13.8. The topological polar surface area (TPSA) is 83.8 Å². The van der Waals surface area contributed by atoms with Gasteiger partial charge in [0.1, 0.15) is 11.6 Å². The highest BCUT2D eigenvalue weighted by Crippen LogP contribution is 2.11. The van der Waals surface area contributed by atoms with Gasteiger partial charge in [-0.1, -0.05) is 26.0 Å². The third-order valence-corrected chi connectivity index (χ3v) is 2.73. The summed E-state index contributed by atoms with van der Waals surface area (Å²) in [6.07, 6.45) is 0. The van der Waals surface area contributed by atoms with E-state index < -0.39 is 0 Å². The van der Waals surface area contributed by atoms with E-state index in [1.807, 2.05) is 38.1 Å². The van der Waals surface area contributed by atoms with Gasteiger partial charge in [-0.3, -0.25) is 4.79 Å². The van der Waals surface area contributed by atoms with Crippen molar-refractivity contribution >= 4 is 11.5 Å². The number of hydrogen-bond donors (Lipinski definition) is 3. The predicted octanol–water partition coefficient (Wildman–Crippen LogP) is 2.09. The van der Waals surface area contributed by atoms with Gasteiger partial charge in [0.25, 0.3) is 5.56 Å². The van der Waals surface area contributed by atoms with Crippen LogP contribution in [-0.4, -0.2) is 9.97 Å². The van der Waals surface area contributed by atoms with Gasteiger partial charge in [-0.25, -0.2) is 4.98 Å². The summed E-state index contributed by atoms with van der Waals surface area (Å²) in [7, 11) is 0. The van der Waals surface area contributed by atoms with Gasteiger partial charge in [0.2, 0.25) is 0 Å². The normalized spacial score (nSPS) is 10.7. The van der Waals surface area contributed by atoms with E-state index >= 15 is 0 Å². The van der Waals surface area contributed by atoms with Gasteiger partial charge in [0.15, 0.2) is 0 Å².